The van der Waals surface area contributed by atoms with E-state index in [2.05, 4.69) is 5.32 Å². The number of aliphatic carboxylic acids is 1. The number of nitrogens with one attached hydrogen (secondary N) is 1. The molecule has 0 bridgehead atoms. The van der Waals surface area contributed by atoms with E-state index in [0.717, 1.165) is 13.0 Å². The number of methoxy groups -OCH3 is 1. The Balaban J connectivity index is 3.30. The maximum atomic E-state index is 10.8. The summed E-state index contributed by atoms with van der Waals surface area (Å²) >= 11 is 0. The smallest absolute Gasteiger partial charge is 0.310 e. The van der Waals surface area contributed by atoms with Crippen LogP contribution in [0.3, 0.4) is 0 Å². The largest absolute Gasteiger partial charge is 0.481 e. The van der Waals surface area contributed by atoms with Crippen LogP contribution in [-0.4, -0.2) is 51.1 Å². The Morgan fingerprint density at radius 3 is 2.56 bits per heavy atom. The first-order valence-electron chi connectivity index (χ1n) is 5.51. The van der Waals surface area contributed by atoms with Gasteiger partial charge in [0, 0.05) is 20.3 Å². The zero-order chi connectivity index (χ0) is 12.4. The maximum absolute atomic E-state index is 10.8. The molecule has 0 aromatic heterocycles. The molecule has 2 N–H and O–H groups in total. The van der Waals surface area contributed by atoms with Crippen molar-refractivity contribution in [2.75, 3.05) is 40.0 Å². The molecule has 96 valence electrons. The number of carboxylic acids is 1. The first-order valence-corrected chi connectivity index (χ1v) is 5.51. The average Bonchev–Trinajstić information content (AvgIpc) is 2.21. The third-order valence-corrected chi connectivity index (χ3v) is 2.22. The molecule has 0 amide bonds. The standard InChI is InChI=1S/C11H23NO4/c1-11(2,10(13)14)9-12-5-4-6-16-8-7-15-3/h12H,4-9H2,1-3H3,(H,13,14). The molecule has 0 atom stereocenters. The van der Waals surface area contributed by atoms with Gasteiger partial charge in [-0.15, -0.1) is 0 Å². The molecule has 0 aliphatic heterocycles. The fourth-order valence-corrected chi connectivity index (χ4v) is 1.02. The van der Waals surface area contributed by atoms with Crippen molar-refractivity contribution in [3.8, 4) is 0 Å². The molecule has 0 saturated carbocycles. The van der Waals surface area contributed by atoms with Crippen molar-refractivity contribution in [3.05, 3.63) is 0 Å². The van der Waals surface area contributed by atoms with Crippen LogP contribution in [0.1, 0.15) is 20.3 Å². The minimum absolute atomic E-state index is 0.473. The molecule has 0 heterocycles. The number of hydrogen-bond donors (Lipinski definition) is 2. The topological polar surface area (TPSA) is 67.8 Å². The first kappa shape index (κ1) is 15.3. The van der Waals surface area contributed by atoms with E-state index >= 15 is 0 Å². The third kappa shape index (κ3) is 7.62. The molecule has 0 aliphatic carbocycles. The lowest BCUT2D eigenvalue weighted by molar-refractivity contribution is -0.146. The Labute approximate surface area is 97.1 Å². The highest BCUT2D eigenvalue weighted by molar-refractivity contribution is 5.73. The number of carbonyl (C=O) groups is 1. The Kier molecular flexibility index (Phi) is 8.15. The molecule has 5 heteroatoms. The van der Waals surface area contributed by atoms with Crippen LogP contribution in [0, 0.1) is 5.41 Å². The van der Waals surface area contributed by atoms with Crippen molar-refractivity contribution in [1.29, 1.82) is 0 Å². The van der Waals surface area contributed by atoms with Gasteiger partial charge in [-0.2, -0.15) is 0 Å². The fourth-order valence-electron chi connectivity index (χ4n) is 1.02. The molecule has 0 rings (SSSR count). The highest BCUT2D eigenvalue weighted by Gasteiger charge is 2.25. The van der Waals surface area contributed by atoms with Crippen LogP contribution in [0.15, 0.2) is 0 Å². The van der Waals surface area contributed by atoms with Gasteiger partial charge in [-0.25, -0.2) is 0 Å². The second-order valence-corrected chi connectivity index (χ2v) is 4.32. The van der Waals surface area contributed by atoms with Gasteiger partial charge in [0.25, 0.3) is 0 Å². The quantitative estimate of drug-likeness (QED) is 0.545. The van der Waals surface area contributed by atoms with Gasteiger partial charge in [-0.1, -0.05) is 0 Å². The minimum Gasteiger partial charge on any atom is -0.481 e. The van der Waals surface area contributed by atoms with Crippen LogP contribution in [0.5, 0.6) is 0 Å². The lowest BCUT2D eigenvalue weighted by Gasteiger charge is -2.19. The van der Waals surface area contributed by atoms with E-state index < -0.39 is 11.4 Å². The molecule has 0 saturated heterocycles. The molecule has 0 spiro atoms. The summed E-state index contributed by atoms with van der Waals surface area (Å²) in [6, 6.07) is 0. The first-order chi connectivity index (χ1) is 7.50. The predicted molar refractivity (Wildman–Crippen MR) is 61.6 cm³/mol. The van der Waals surface area contributed by atoms with E-state index in [1.165, 1.54) is 0 Å². The summed E-state index contributed by atoms with van der Waals surface area (Å²) in [6.45, 7) is 6.54. The summed E-state index contributed by atoms with van der Waals surface area (Å²) in [7, 11) is 1.64. The van der Waals surface area contributed by atoms with E-state index in [9.17, 15) is 4.79 Å². The van der Waals surface area contributed by atoms with Crippen molar-refractivity contribution in [2.45, 2.75) is 20.3 Å². The summed E-state index contributed by atoms with van der Waals surface area (Å²) in [6.07, 6.45) is 0.874. The van der Waals surface area contributed by atoms with Gasteiger partial charge >= 0.3 is 5.97 Å². The van der Waals surface area contributed by atoms with Crippen LogP contribution in [0.2, 0.25) is 0 Å². The molecule has 0 fully saturated rings. The Morgan fingerprint density at radius 1 is 1.31 bits per heavy atom. The molecular weight excluding hydrogens is 210 g/mol. The lowest BCUT2D eigenvalue weighted by atomic mass is 9.94. The molecule has 0 aromatic rings. The Bertz CT molecular complexity index is 194. The molecule has 5 nitrogen and oxygen atoms in total. The molecular formula is C11H23NO4. The van der Waals surface area contributed by atoms with Gasteiger partial charge in [0.1, 0.15) is 0 Å². The zero-order valence-electron chi connectivity index (χ0n) is 10.4. The Morgan fingerprint density at radius 2 is 2.00 bits per heavy atom. The molecule has 0 radical (unpaired) electrons. The van der Waals surface area contributed by atoms with Gasteiger partial charge in [0.2, 0.25) is 0 Å². The van der Waals surface area contributed by atoms with Crippen LogP contribution in [0.25, 0.3) is 0 Å². The number of hydrogen-bond acceptors (Lipinski definition) is 4. The molecule has 16 heavy (non-hydrogen) atoms. The number of carboxylic acid groups (broad SMARTS) is 1. The van der Waals surface area contributed by atoms with Gasteiger partial charge in [-0.05, 0) is 26.8 Å². The summed E-state index contributed by atoms with van der Waals surface area (Å²) in [4.78, 5) is 10.8. The van der Waals surface area contributed by atoms with E-state index in [0.29, 0.717) is 26.4 Å². The van der Waals surface area contributed by atoms with Gasteiger partial charge < -0.3 is 19.9 Å². The van der Waals surface area contributed by atoms with Gasteiger partial charge in [0.05, 0.1) is 18.6 Å². The highest BCUT2D eigenvalue weighted by atomic mass is 16.5. The molecule has 0 unspecified atom stereocenters. The van der Waals surface area contributed by atoms with Crippen molar-refractivity contribution in [2.24, 2.45) is 5.41 Å². The monoisotopic (exact) mass is 233 g/mol. The summed E-state index contributed by atoms with van der Waals surface area (Å²) in [5.74, 6) is -0.781. The van der Waals surface area contributed by atoms with Crippen LogP contribution >= 0.6 is 0 Å². The predicted octanol–water partition coefficient (Wildman–Crippen LogP) is 0.740. The zero-order valence-corrected chi connectivity index (χ0v) is 10.4. The Hall–Kier alpha value is -0.650. The SMILES string of the molecule is COCCOCCCNCC(C)(C)C(=O)O. The van der Waals surface area contributed by atoms with Crippen molar-refractivity contribution in [3.63, 3.8) is 0 Å². The van der Waals surface area contributed by atoms with E-state index in [4.69, 9.17) is 14.6 Å². The fraction of sp³-hybridized carbons (Fsp3) is 0.909. The van der Waals surface area contributed by atoms with Crippen LogP contribution in [-0.2, 0) is 14.3 Å². The maximum Gasteiger partial charge on any atom is 0.310 e. The van der Waals surface area contributed by atoms with Crippen molar-refractivity contribution >= 4 is 5.97 Å². The minimum atomic E-state index is -0.781. The van der Waals surface area contributed by atoms with Crippen LogP contribution < -0.4 is 5.32 Å². The van der Waals surface area contributed by atoms with Crippen LogP contribution in [0.4, 0.5) is 0 Å². The van der Waals surface area contributed by atoms with Crippen molar-refractivity contribution < 1.29 is 19.4 Å². The van der Waals surface area contributed by atoms with E-state index in [1.54, 1.807) is 21.0 Å². The average molecular weight is 233 g/mol. The van der Waals surface area contributed by atoms with Gasteiger partial charge in [-0.3, -0.25) is 4.79 Å². The normalized spacial score (nSPS) is 11.7. The molecule has 0 aromatic carbocycles. The van der Waals surface area contributed by atoms with E-state index in [-0.39, 0.29) is 0 Å². The highest BCUT2D eigenvalue weighted by Crippen LogP contribution is 2.12. The number of rotatable bonds is 10. The summed E-state index contributed by atoms with van der Waals surface area (Å²) < 4.78 is 10.1. The van der Waals surface area contributed by atoms with E-state index in [1.807, 2.05) is 0 Å². The second-order valence-electron chi connectivity index (χ2n) is 4.32. The lowest BCUT2D eigenvalue weighted by Crippen LogP contribution is -2.36. The molecule has 0 aliphatic rings. The number of ether oxygens (including phenoxy) is 2. The van der Waals surface area contributed by atoms with Crippen molar-refractivity contribution in [1.82, 2.24) is 5.32 Å². The third-order valence-electron chi connectivity index (χ3n) is 2.22. The van der Waals surface area contributed by atoms with Gasteiger partial charge in [0.15, 0.2) is 0 Å². The second kappa shape index (κ2) is 8.50. The summed E-state index contributed by atoms with van der Waals surface area (Å²) in [5.41, 5.74) is -0.711. The summed E-state index contributed by atoms with van der Waals surface area (Å²) in [5, 5.41) is 12.0.